The molecule has 1 saturated carbocycles. The van der Waals surface area contributed by atoms with Crippen LogP contribution in [0.1, 0.15) is 44.1 Å². The van der Waals surface area contributed by atoms with Gasteiger partial charge in [-0.15, -0.1) is 11.8 Å². The molecule has 6 heteroatoms. The van der Waals surface area contributed by atoms with Gasteiger partial charge in [0.1, 0.15) is 0 Å². The molecule has 1 aromatic carbocycles. The van der Waals surface area contributed by atoms with Gasteiger partial charge in [0.05, 0.1) is 6.21 Å². The lowest BCUT2D eigenvalue weighted by Crippen LogP contribution is -2.43. The zero-order chi connectivity index (χ0) is 16.5. The second-order valence-corrected chi connectivity index (χ2v) is 6.51. The Morgan fingerprint density at radius 1 is 1.09 bits per heavy atom. The normalized spacial score (nSPS) is 16.0. The van der Waals surface area contributed by atoms with Crippen molar-refractivity contribution in [1.82, 2.24) is 10.7 Å². The van der Waals surface area contributed by atoms with Crippen molar-refractivity contribution in [3.8, 4) is 0 Å². The summed E-state index contributed by atoms with van der Waals surface area (Å²) in [5.74, 6) is -1.32. The average Bonchev–Trinajstić information content (AvgIpc) is 2.84. The maximum atomic E-state index is 11.8. The SMILES string of the molecule is CSc1ccc(/C=N\NC(=O)C(=O)NC2CCCCCC2)cc1. The van der Waals surface area contributed by atoms with Gasteiger partial charge in [0.15, 0.2) is 0 Å². The second kappa shape index (κ2) is 9.35. The number of nitrogens with zero attached hydrogens (tertiary/aromatic N) is 1. The lowest BCUT2D eigenvalue weighted by atomic mass is 10.1. The third-order valence-corrected chi connectivity index (χ3v) is 4.64. The number of carbonyl (C=O) groups excluding carboxylic acids is 2. The number of hydrazone groups is 1. The molecule has 0 unspecified atom stereocenters. The predicted molar refractivity (Wildman–Crippen MR) is 93.6 cm³/mol. The van der Waals surface area contributed by atoms with Crippen molar-refractivity contribution < 1.29 is 9.59 Å². The van der Waals surface area contributed by atoms with Crippen LogP contribution in [0.3, 0.4) is 0 Å². The van der Waals surface area contributed by atoms with E-state index in [0.717, 1.165) is 36.1 Å². The highest BCUT2D eigenvalue weighted by Gasteiger charge is 2.19. The molecule has 124 valence electrons. The van der Waals surface area contributed by atoms with Crippen molar-refractivity contribution in [2.45, 2.75) is 49.5 Å². The zero-order valence-electron chi connectivity index (χ0n) is 13.4. The molecule has 1 aliphatic rings. The van der Waals surface area contributed by atoms with E-state index in [4.69, 9.17) is 0 Å². The van der Waals surface area contributed by atoms with Crippen molar-refractivity contribution in [3.05, 3.63) is 29.8 Å². The number of thioether (sulfide) groups is 1. The Balaban J connectivity index is 1.78. The lowest BCUT2D eigenvalue weighted by molar-refractivity contribution is -0.139. The number of hydrogen-bond acceptors (Lipinski definition) is 4. The maximum absolute atomic E-state index is 11.8. The summed E-state index contributed by atoms with van der Waals surface area (Å²) in [6.45, 7) is 0. The molecule has 0 aliphatic heterocycles. The predicted octanol–water partition coefficient (Wildman–Crippen LogP) is 2.70. The Morgan fingerprint density at radius 2 is 1.74 bits per heavy atom. The molecule has 0 radical (unpaired) electrons. The molecule has 0 heterocycles. The minimum Gasteiger partial charge on any atom is -0.345 e. The Bertz CT molecular complexity index is 549. The molecule has 23 heavy (non-hydrogen) atoms. The van der Waals surface area contributed by atoms with Crippen molar-refractivity contribution in [3.63, 3.8) is 0 Å². The van der Waals surface area contributed by atoms with Gasteiger partial charge in [0.25, 0.3) is 0 Å². The first kappa shape index (κ1) is 17.5. The van der Waals surface area contributed by atoms with E-state index >= 15 is 0 Å². The number of benzene rings is 1. The molecular formula is C17H23N3O2S. The highest BCUT2D eigenvalue weighted by Crippen LogP contribution is 2.17. The van der Waals surface area contributed by atoms with Crippen LogP contribution in [-0.2, 0) is 9.59 Å². The fraction of sp³-hybridized carbons (Fsp3) is 0.471. The lowest BCUT2D eigenvalue weighted by Gasteiger charge is -2.14. The van der Waals surface area contributed by atoms with E-state index in [1.807, 2.05) is 30.5 Å². The molecule has 5 nitrogen and oxygen atoms in total. The molecule has 1 fully saturated rings. The number of hydrogen-bond donors (Lipinski definition) is 2. The largest absolute Gasteiger partial charge is 0.345 e. The number of carbonyl (C=O) groups is 2. The Hall–Kier alpha value is -1.82. The van der Waals surface area contributed by atoms with Gasteiger partial charge in [-0.3, -0.25) is 9.59 Å². The van der Waals surface area contributed by atoms with Crippen LogP contribution < -0.4 is 10.7 Å². The topological polar surface area (TPSA) is 70.6 Å². The molecule has 2 rings (SSSR count). The number of nitrogens with one attached hydrogen (secondary N) is 2. The standard InChI is InChI=1S/C17H23N3O2S/c1-23-15-10-8-13(9-11-15)12-18-20-17(22)16(21)19-14-6-4-2-3-5-7-14/h8-12,14H,2-7H2,1H3,(H,19,21)(H,20,22)/b18-12-. The van der Waals surface area contributed by atoms with E-state index in [1.54, 1.807) is 11.8 Å². The molecule has 0 bridgehead atoms. The fourth-order valence-electron chi connectivity index (χ4n) is 2.58. The summed E-state index contributed by atoms with van der Waals surface area (Å²) >= 11 is 1.66. The summed E-state index contributed by atoms with van der Waals surface area (Å²) in [6, 6.07) is 7.89. The quantitative estimate of drug-likeness (QED) is 0.293. The van der Waals surface area contributed by atoms with Crippen LogP contribution in [0.4, 0.5) is 0 Å². The van der Waals surface area contributed by atoms with Gasteiger partial charge in [0, 0.05) is 10.9 Å². The maximum Gasteiger partial charge on any atom is 0.329 e. The van der Waals surface area contributed by atoms with Gasteiger partial charge in [-0.25, -0.2) is 5.43 Å². The second-order valence-electron chi connectivity index (χ2n) is 5.63. The minimum absolute atomic E-state index is 0.110. The summed E-state index contributed by atoms with van der Waals surface area (Å²) in [5.41, 5.74) is 3.15. The molecule has 1 aliphatic carbocycles. The van der Waals surface area contributed by atoms with Crippen molar-refractivity contribution in [2.24, 2.45) is 5.10 Å². The highest BCUT2D eigenvalue weighted by molar-refractivity contribution is 7.98. The van der Waals surface area contributed by atoms with Crippen LogP contribution in [0.15, 0.2) is 34.3 Å². The van der Waals surface area contributed by atoms with Crippen LogP contribution in [-0.4, -0.2) is 30.3 Å². The Kier molecular flexibility index (Phi) is 7.13. The van der Waals surface area contributed by atoms with Gasteiger partial charge < -0.3 is 5.32 Å². The third-order valence-electron chi connectivity index (χ3n) is 3.89. The fourth-order valence-corrected chi connectivity index (χ4v) is 2.99. The summed E-state index contributed by atoms with van der Waals surface area (Å²) in [6.07, 6.45) is 10.1. The van der Waals surface area contributed by atoms with Gasteiger partial charge in [0.2, 0.25) is 0 Å². The van der Waals surface area contributed by atoms with Crippen LogP contribution in [0.5, 0.6) is 0 Å². The van der Waals surface area contributed by atoms with E-state index in [2.05, 4.69) is 15.8 Å². The molecule has 2 N–H and O–H groups in total. The van der Waals surface area contributed by atoms with Crippen LogP contribution in [0.2, 0.25) is 0 Å². The Morgan fingerprint density at radius 3 is 2.35 bits per heavy atom. The molecule has 1 aromatic rings. The number of amides is 2. The first-order chi connectivity index (χ1) is 11.2. The minimum atomic E-state index is -0.716. The molecule has 0 atom stereocenters. The average molecular weight is 333 g/mol. The molecule has 2 amide bonds. The first-order valence-corrected chi connectivity index (χ1v) is 9.19. The molecule has 0 spiro atoms. The van der Waals surface area contributed by atoms with Gasteiger partial charge in [-0.05, 0) is 36.8 Å². The summed E-state index contributed by atoms with van der Waals surface area (Å²) in [7, 11) is 0. The van der Waals surface area contributed by atoms with Crippen LogP contribution in [0, 0.1) is 0 Å². The van der Waals surface area contributed by atoms with E-state index in [9.17, 15) is 9.59 Å². The van der Waals surface area contributed by atoms with Crippen molar-refractivity contribution in [2.75, 3.05) is 6.26 Å². The summed E-state index contributed by atoms with van der Waals surface area (Å²) in [5, 5.41) is 6.63. The highest BCUT2D eigenvalue weighted by atomic mass is 32.2. The van der Waals surface area contributed by atoms with Crippen LogP contribution >= 0.6 is 11.8 Å². The van der Waals surface area contributed by atoms with Crippen molar-refractivity contribution in [1.29, 1.82) is 0 Å². The van der Waals surface area contributed by atoms with E-state index in [0.29, 0.717) is 0 Å². The van der Waals surface area contributed by atoms with E-state index < -0.39 is 11.8 Å². The molecule has 0 saturated heterocycles. The van der Waals surface area contributed by atoms with Crippen molar-refractivity contribution >= 4 is 29.8 Å². The smallest absolute Gasteiger partial charge is 0.329 e. The first-order valence-electron chi connectivity index (χ1n) is 7.97. The van der Waals surface area contributed by atoms with Crippen LogP contribution in [0.25, 0.3) is 0 Å². The Labute approximate surface area is 141 Å². The van der Waals surface area contributed by atoms with Gasteiger partial charge >= 0.3 is 11.8 Å². The van der Waals surface area contributed by atoms with Gasteiger partial charge in [-0.1, -0.05) is 37.8 Å². The number of rotatable bonds is 4. The van der Waals surface area contributed by atoms with Gasteiger partial charge in [-0.2, -0.15) is 5.10 Å². The summed E-state index contributed by atoms with van der Waals surface area (Å²) in [4.78, 5) is 24.8. The zero-order valence-corrected chi connectivity index (χ0v) is 14.2. The third kappa shape index (κ3) is 6.06. The monoisotopic (exact) mass is 333 g/mol. The van der Waals surface area contributed by atoms with E-state index in [1.165, 1.54) is 19.1 Å². The molecular weight excluding hydrogens is 310 g/mol. The van der Waals surface area contributed by atoms with E-state index in [-0.39, 0.29) is 6.04 Å². The summed E-state index contributed by atoms with van der Waals surface area (Å²) < 4.78 is 0. The molecule has 0 aromatic heterocycles.